The Morgan fingerprint density at radius 3 is 2.48 bits per heavy atom. The molecule has 0 heterocycles. The molecule has 0 aromatic heterocycles. The molecule has 0 aliphatic heterocycles. The SMILES string of the molecule is O=C(O)C=Cc1ccc(Oc2ccc(CO)cc2)c(F)c1. The number of benzene rings is 2. The predicted octanol–water partition coefficient (Wildman–Crippen LogP) is 3.21. The van der Waals surface area contributed by atoms with Gasteiger partial charge < -0.3 is 14.9 Å². The monoisotopic (exact) mass is 288 g/mol. The van der Waals surface area contributed by atoms with Crippen molar-refractivity contribution in [3.63, 3.8) is 0 Å². The Bertz CT molecular complexity index is 662. The highest BCUT2D eigenvalue weighted by Crippen LogP contribution is 2.25. The van der Waals surface area contributed by atoms with Gasteiger partial charge >= 0.3 is 5.97 Å². The summed E-state index contributed by atoms with van der Waals surface area (Å²) in [6.45, 7) is -0.0702. The number of carbonyl (C=O) groups is 1. The molecule has 2 N–H and O–H groups in total. The van der Waals surface area contributed by atoms with Crippen molar-refractivity contribution in [2.45, 2.75) is 6.61 Å². The molecule has 2 aromatic carbocycles. The van der Waals surface area contributed by atoms with Gasteiger partial charge in [-0.2, -0.15) is 0 Å². The first-order valence-corrected chi connectivity index (χ1v) is 6.16. The first-order valence-electron chi connectivity index (χ1n) is 6.16. The third kappa shape index (κ3) is 4.15. The number of aliphatic hydroxyl groups excluding tert-OH is 1. The van der Waals surface area contributed by atoms with Crippen molar-refractivity contribution < 1.29 is 24.1 Å². The number of carboxylic acid groups (broad SMARTS) is 1. The summed E-state index contributed by atoms with van der Waals surface area (Å²) >= 11 is 0. The molecule has 4 nitrogen and oxygen atoms in total. The Balaban J connectivity index is 2.14. The topological polar surface area (TPSA) is 66.8 Å². The second-order valence-corrected chi connectivity index (χ2v) is 4.27. The third-order valence-electron chi connectivity index (χ3n) is 2.71. The highest BCUT2D eigenvalue weighted by molar-refractivity contribution is 5.85. The van der Waals surface area contributed by atoms with Gasteiger partial charge in [0.1, 0.15) is 5.75 Å². The summed E-state index contributed by atoms with van der Waals surface area (Å²) in [6, 6.07) is 10.8. The number of rotatable bonds is 5. The van der Waals surface area contributed by atoms with Crippen LogP contribution in [0.2, 0.25) is 0 Å². The van der Waals surface area contributed by atoms with Gasteiger partial charge in [-0.25, -0.2) is 9.18 Å². The van der Waals surface area contributed by atoms with Crippen LogP contribution in [0.4, 0.5) is 4.39 Å². The Hall–Kier alpha value is -2.66. The molecule has 0 fully saturated rings. The number of hydrogen-bond acceptors (Lipinski definition) is 3. The molecule has 0 radical (unpaired) electrons. The summed E-state index contributed by atoms with van der Waals surface area (Å²) in [5, 5.41) is 17.4. The molecule has 0 atom stereocenters. The molecule has 0 saturated carbocycles. The molecule has 0 unspecified atom stereocenters. The molecule has 108 valence electrons. The van der Waals surface area contributed by atoms with E-state index in [1.165, 1.54) is 18.2 Å². The van der Waals surface area contributed by atoms with Crippen LogP contribution in [0.25, 0.3) is 6.08 Å². The molecule has 0 spiro atoms. The second-order valence-electron chi connectivity index (χ2n) is 4.27. The molecular formula is C16H13FO4. The van der Waals surface area contributed by atoms with Crippen molar-refractivity contribution in [1.82, 2.24) is 0 Å². The van der Waals surface area contributed by atoms with E-state index in [0.29, 0.717) is 11.3 Å². The number of carboxylic acids is 1. The van der Waals surface area contributed by atoms with Crippen molar-refractivity contribution in [2.75, 3.05) is 0 Å². The van der Waals surface area contributed by atoms with E-state index in [-0.39, 0.29) is 12.4 Å². The van der Waals surface area contributed by atoms with Gasteiger partial charge in [0.15, 0.2) is 11.6 Å². The number of aliphatic hydroxyl groups is 1. The quantitative estimate of drug-likeness (QED) is 0.829. The number of hydrogen-bond donors (Lipinski definition) is 2. The molecule has 0 bridgehead atoms. The van der Waals surface area contributed by atoms with Crippen molar-refractivity contribution in [2.24, 2.45) is 0 Å². The lowest BCUT2D eigenvalue weighted by atomic mass is 10.2. The largest absolute Gasteiger partial charge is 0.478 e. The molecule has 21 heavy (non-hydrogen) atoms. The van der Waals surface area contributed by atoms with Crippen LogP contribution in [0.1, 0.15) is 11.1 Å². The first kappa shape index (κ1) is 14.7. The van der Waals surface area contributed by atoms with E-state index in [4.69, 9.17) is 14.9 Å². The van der Waals surface area contributed by atoms with Gasteiger partial charge in [0, 0.05) is 6.08 Å². The maximum Gasteiger partial charge on any atom is 0.328 e. The van der Waals surface area contributed by atoms with Crippen molar-refractivity contribution in [3.05, 3.63) is 65.5 Å². The lowest BCUT2D eigenvalue weighted by Gasteiger charge is -2.07. The zero-order valence-corrected chi connectivity index (χ0v) is 11.0. The highest BCUT2D eigenvalue weighted by atomic mass is 19.1. The average Bonchev–Trinajstić information content (AvgIpc) is 2.48. The summed E-state index contributed by atoms with van der Waals surface area (Å²) in [7, 11) is 0. The van der Waals surface area contributed by atoms with Gasteiger partial charge in [0.25, 0.3) is 0 Å². The van der Waals surface area contributed by atoms with Gasteiger partial charge in [-0.3, -0.25) is 0 Å². The Morgan fingerprint density at radius 1 is 1.19 bits per heavy atom. The normalized spacial score (nSPS) is 10.8. The highest BCUT2D eigenvalue weighted by Gasteiger charge is 2.05. The Labute approximate surface area is 120 Å². The number of halogens is 1. The van der Waals surface area contributed by atoms with E-state index >= 15 is 0 Å². The fraction of sp³-hybridized carbons (Fsp3) is 0.0625. The number of ether oxygens (including phenoxy) is 1. The van der Waals surface area contributed by atoms with Gasteiger partial charge in [-0.1, -0.05) is 18.2 Å². The Morgan fingerprint density at radius 2 is 1.90 bits per heavy atom. The summed E-state index contributed by atoms with van der Waals surface area (Å²) in [6.07, 6.45) is 2.23. The minimum Gasteiger partial charge on any atom is -0.478 e. The maximum atomic E-state index is 13.9. The van der Waals surface area contributed by atoms with E-state index in [9.17, 15) is 9.18 Å². The Kier molecular flexibility index (Phi) is 4.68. The summed E-state index contributed by atoms with van der Waals surface area (Å²) in [5.41, 5.74) is 1.16. The van der Waals surface area contributed by atoms with Crippen LogP contribution in [0.15, 0.2) is 48.5 Å². The predicted molar refractivity (Wildman–Crippen MR) is 75.5 cm³/mol. The smallest absolute Gasteiger partial charge is 0.328 e. The van der Waals surface area contributed by atoms with Crippen LogP contribution >= 0.6 is 0 Å². The van der Waals surface area contributed by atoms with Gasteiger partial charge in [-0.15, -0.1) is 0 Å². The van der Waals surface area contributed by atoms with E-state index in [1.54, 1.807) is 30.3 Å². The second kappa shape index (κ2) is 6.67. The minimum atomic E-state index is -1.10. The fourth-order valence-corrected chi connectivity index (χ4v) is 1.66. The van der Waals surface area contributed by atoms with E-state index < -0.39 is 11.8 Å². The van der Waals surface area contributed by atoms with Crippen LogP contribution in [-0.2, 0) is 11.4 Å². The lowest BCUT2D eigenvalue weighted by molar-refractivity contribution is -0.131. The van der Waals surface area contributed by atoms with Crippen LogP contribution in [-0.4, -0.2) is 16.2 Å². The maximum absolute atomic E-state index is 13.9. The molecule has 0 aliphatic rings. The molecule has 2 rings (SSSR count). The van der Waals surface area contributed by atoms with Gasteiger partial charge in [0.2, 0.25) is 0 Å². The zero-order valence-electron chi connectivity index (χ0n) is 11.0. The molecule has 2 aromatic rings. The van der Waals surface area contributed by atoms with E-state index in [2.05, 4.69) is 0 Å². The average molecular weight is 288 g/mol. The van der Waals surface area contributed by atoms with E-state index in [1.807, 2.05) is 0 Å². The molecule has 0 saturated heterocycles. The van der Waals surface area contributed by atoms with E-state index in [0.717, 1.165) is 11.6 Å². The molecule has 5 heteroatoms. The van der Waals surface area contributed by atoms with Crippen LogP contribution in [0, 0.1) is 5.82 Å². The van der Waals surface area contributed by atoms with Gasteiger partial charge in [-0.05, 0) is 41.5 Å². The van der Waals surface area contributed by atoms with Gasteiger partial charge in [0.05, 0.1) is 6.61 Å². The van der Waals surface area contributed by atoms with Crippen molar-refractivity contribution >= 4 is 12.0 Å². The molecule has 0 aliphatic carbocycles. The first-order chi connectivity index (χ1) is 10.1. The summed E-state index contributed by atoms with van der Waals surface area (Å²) in [5.74, 6) is -1.20. The number of aliphatic carboxylic acids is 1. The van der Waals surface area contributed by atoms with Crippen LogP contribution < -0.4 is 4.74 Å². The minimum absolute atomic E-state index is 0.0409. The summed E-state index contributed by atoms with van der Waals surface area (Å²) < 4.78 is 19.3. The lowest BCUT2D eigenvalue weighted by Crippen LogP contribution is -1.91. The van der Waals surface area contributed by atoms with Crippen LogP contribution in [0.3, 0.4) is 0 Å². The van der Waals surface area contributed by atoms with Crippen molar-refractivity contribution in [3.8, 4) is 11.5 Å². The summed E-state index contributed by atoms with van der Waals surface area (Å²) in [4.78, 5) is 10.4. The third-order valence-corrected chi connectivity index (χ3v) is 2.71. The van der Waals surface area contributed by atoms with Crippen molar-refractivity contribution in [1.29, 1.82) is 0 Å². The fourth-order valence-electron chi connectivity index (χ4n) is 1.66. The molecule has 0 amide bonds. The zero-order chi connectivity index (χ0) is 15.2. The van der Waals surface area contributed by atoms with Crippen LogP contribution in [0.5, 0.6) is 11.5 Å². The standard InChI is InChI=1S/C16H13FO4/c17-14-9-11(4-8-16(19)20)3-7-15(14)21-13-5-1-12(10-18)2-6-13/h1-9,18H,10H2,(H,19,20). The molecular weight excluding hydrogens is 275 g/mol.